The molecule has 0 atom stereocenters. The third-order valence-electron chi connectivity index (χ3n) is 5.68. The first-order valence-corrected chi connectivity index (χ1v) is 13.5. The predicted molar refractivity (Wildman–Crippen MR) is 140 cm³/mol. The lowest BCUT2D eigenvalue weighted by Gasteiger charge is -2.27. The molecule has 1 aliphatic heterocycles. The molecular formula is C24H23ClN6O2S2. The van der Waals surface area contributed by atoms with Crippen LogP contribution in [0.1, 0.15) is 20.9 Å². The van der Waals surface area contributed by atoms with E-state index in [-0.39, 0.29) is 18.0 Å². The number of aromatic nitrogens is 4. The number of benzene rings is 1. The molecule has 180 valence electrons. The van der Waals surface area contributed by atoms with Crippen LogP contribution in [0.5, 0.6) is 0 Å². The molecule has 3 aromatic heterocycles. The van der Waals surface area contributed by atoms with Crippen LogP contribution in [0.25, 0.3) is 11.4 Å². The largest absolute Gasteiger partial charge is 0.346 e. The van der Waals surface area contributed by atoms with E-state index in [1.54, 1.807) is 39.7 Å². The van der Waals surface area contributed by atoms with E-state index < -0.39 is 0 Å². The predicted octanol–water partition coefficient (Wildman–Crippen LogP) is 3.61. The van der Waals surface area contributed by atoms with Gasteiger partial charge in [-0.3, -0.25) is 19.1 Å². The summed E-state index contributed by atoms with van der Waals surface area (Å²) >= 11 is 9.13. The minimum atomic E-state index is -0.197. The highest BCUT2D eigenvalue weighted by Gasteiger charge is 2.16. The van der Waals surface area contributed by atoms with E-state index in [1.165, 1.54) is 11.3 Å². The number of nitrogens with zero attached hydrogens (tertiary/aromatic N) is 5. The number of hydrogen-bond acceptors (Lipinski definition) is 7. The molecule has 0 radical (unpaired) electrons. The van der Waals surface area contributed by atoms with Crippen molar-refractivity contribution in [2.45, 2.75) is 13.1 Å². The zero-order valence-electron chi connectivity index (χ0n) is 18.8. The summed E-state index contributed by atoms with van der Waals surface area (Å²) in [5.41, 5.74) is 3.32. The molecule has 11 heteroatoms. The molecule has 0 spiro atoms. The van der Waals surface area contributed by atoms with Crippen molar-refractivity contribution in [3.8, 4) is 11.4 Å². The Labute approximate surface area is 215 Å². The lowest BCUT2D eigenvalue weighted by atomic mass is 10.1. The van der Waals surface area contributed by atoms with Crippen LogP contribution in [-0.2, 0) is 13.1 Å². The number of thiophene rings is 1. The molecule has 0 aliphatic carbocycles. The quantitative estimate of drug-likeness (QED) is 0.396. The third kappa shape index (κ3) is 5.67. The lowest BCUT2D eigenvalue weighted by Crippen LogP contribution is -2.32. The fourth-order valence-corrected chi connectivity index (χ4v) is 5.84. The maximum Gasteiger partial charge on any atom is 0.261 e. The Hall–Kier alpha value is -2.92. The molecule has 1 amide bonds. The van der Waals surface area contributed by atoms with Gasteiger partial charge in [-0.25, -0.2) is 4.68 Å². The monoisotopic (exact) mass is 526 g/mol. The number of hydrogen-bond donors (Lipinski definition) is 1. The summed E-state index contributed by atoms with van der Waals surface area (Å²) in [5, 5.41) is 11.4. The average Bonchev–Trinajstić information content (AvgIpc) is 3.53. The average molecular weight is 527 g/mol. The standard InChI is InChI=1S/C24H23ClN6O2S2/c25-22-7-6-21(35-22)24(33)26-14-18-16-31(28-27-18)20-5-4-19(30-8-2-1-3-23(30)32)13-17(20)15-29-9-11-34-12-10-29/h1-8,13,16H,9-12,14-15H2,(H,26,33). The van der Waals surface area contributed by atoms with Crippen LogP contribution in [0.15, 0.2) is 65.7 Å². The van der Waals surface area contributed by atoms with Gasteiger partial charge in [0, 0.05) is 49.1 Å². The Morgan fingerprint density at radius 2 is 1.97 bits per heavy atom. The van der Waals surface area contributed by atoms with Crippen molar-refractivity contribution in [3.63, 3.8) is 0 Å². The molecule has 5 rings (SSSR count). The highest BCUT2D eigenvalue weighted by Crippen LogP contribution is 2.23. The van der Waals surface area contributed by atoms with Gasteiger partial charge in [-0.05, 0) is 42.0 Å². The summed E-state index contributed by atoms with van der Waals surface area (Å²) < 4.78 is 3.94. The number of carbonyl (C=O) groups is 1. The summed E-state index contributed by atoms with van der Waals surface area (Å²) in [4.78, 5) is 27.7. The molecule has 1 saturated heterocycles. The molecule has 1 fully saturated rings. The van der Waals surface area contributed by atoms with Gasteiger partial charge in [0.1, 0.15) is 5.69 Å². The zero-order chi connectivity index (χ0) is 24.2. The lowest BCUT2D eigenvalue weighted by molar-refractivity contribution is 0.0954. The molecule has 0 unspecified atom stereocenters. The molecule has 35 heavy (non-hydrogen) atoms. The van der Waals surface area contributed by atoms with E-state index in [2.05, 4.69) is 20.5 Å². The molecular weight excluding hydrogens is 504 g/mol. The molecule has 4 heterocycles. The van der Waals surface area contributed by atoms with Crippen LogP contribution in [-0.4, -0.2) is 55.0 Å². The molecule has 8 nitrogen and oxygen atoms in total. The Balaban J connectivity index is 1.40. The van der Waals surface area contributed by atoms with Crippen molar-refractivity contribution in [1.82, 2.24) is 29.8 Å². The van der Waals surface area contributed by atoms with Crippen LogP contribution >= 0.6 is 34.7 Å². The highest BCUT2D eigenvalue weighted by atomic mass is 35.5. The number of carbonyl (C=O) groups excluding carboxylic acids is 1. The fourth-order valence-electron chi connectivity index (χ4n) is 3.90. The maximum absolute atomic E-state index is 12.4. The number of thioether (sulfide) groups is 1. The SMILES string of the molecule is O=C(NCc1cn(-c2ccc(-n3ccccc3=O)cc2CN2CCSCC2)nn1)c1ccc(Cl)s1. The number of amides is 1. The smallest absolute Gasteiger partial charge is 0.261 e. The summed E-state index contributed by atoms with van der Waals surface area (Å²) in [6, 6.07) is 14.5. The summed E-state index contributed by atoms with van der Waals surface area (Å²) in [6.07, 6.45) is 3.59. The van der Waals surface area contributed by atoms with Gasteiger partial charge in [-0.15, -0.1) is 16.4 Å². The van der Waals surface area contributed by atoms with Crippen LogP contribution in [0, 0.1) is 0 Å². The van der Waals surface area contributed by atoms with Crippen LogP contribution < -0.4 is 10.9 Å². The first-order chi connectivity index (χ1) is 17.1. The Bertz CT molecular complexity index is 1390. The van der Waals surface area contributed by atoms with Gasteiger partial charge >= 0.3 is 0 Å². The van der Waals surface area contributed by atoms with E-state index >= 15 is 0 Å². The van der Waals surface area contributed by atoms with Crippen LogP contribution in [0.3, 0.4) is 0 Å². The topological polar surface area (TPSA) is 85.0 Å². The van der Waals surface area contributed by atoms with E-state index in [4.69, 9.17) is 11.6 Å². The summed E-state index contributed by atoms with van der Waals surface area (Å²) in [5.74, 6) is 2.02. The van der Waals surface area contributed by atoms with E-state index in [0.717, 1.165) is 48.1 Å². The first kappa shape index (κ1) is 23.8. The van der Waals surface area contributed by atoms with Crippen molar-refractivity contribution in [2.24, 2.45) is 0 Å². The van der Waals surface area contributed by atoms with Gasteiger partial charge in [0.15, 0.2) is 0 Å². The molecule has 0 saturated carbocycles. The fraction of sp³-hybridized carbons (Fsp3) is 0.250. The highest BCUT2D eigenvalue weighted by molar-refractivity contribution is 7.99. The van der Waals surface area contributed by atoms with E-state index in [9.17, 15) is 9.59 Å². The zero-order valence-corrected chi connectivity index (χ0v) is 21.2. The molecule has 1 N–H and O–H groups in total. The number of nitrogens with one attached hydrogen (secondary N) is 1. The van der Waals surface area contributed by atoms with Crippen molar-refractivity contribution in [3.05, 3.63) is 91.7 Å². The molecule has 1 aliphatic rings. The third-order valence-corrected chi connectivity index (χ3v) is 7.85. The Morgan fingerprint density at radius 1 is 1.11 bits per heavy atom. The van der Waals surface area contributed by atoms with Crippen molar-refractivity contribution in [2.75, 3.05) is 24.6 Å². The normalized spacial score (nSPS) is 14.2. The van der Waals surface area contributed by atoms with Crippen molar-refractivity contribution >= 4 is 40.6 Å². The summed E-state index contributed by atoms with van der Waals surface area (Å²) in [6.45, 7) is 3.03. The Kier molecular flexibility index (Phi) is 7.33. The van der Waals surface area contributed by atoms with E-state index in [1.807, 2.05) is 42.2 Å². The first-order valence-electron chi connectivity index (χ1n) is 11.1. The maximum atomic E-state index is 12.4. The van der Waals surface area contributed by atoms with Gasteiger partial charge < -0.3 is 5.32 Å². The second-order valence-corrected chi connectivity index (χ2v) is 11.0. The van der Waals surface area contributed by atoms with Gasteiger partial charge in [-0.2, -0.15) is 11.8 Å². The number of rotatable bonds is 7. The van der Waals surface area contributed by atoms with Gasteiger partial charge in [0.2, 0.25) is 0 Å². The number of pyridine rings is 1. The van der Waals surface area contributed by atoms with Gasteiger partial charge in [0.25, 0.3) is 11.5 Å². The van der Waals surface area contributed by atoms with Crippen LogP contribution in [0.4, 0.5) is 0 Å². The number of halogens is 1. The van der Waals surface area contributed by atoms with E-state index in [0.29, 0.717) is 14.9 Å². The molecule has 1 aromatic carbocycles. The van der Waals surface area contributed by atoms with Gasteiger partial charge in [0.05, 0.1) is 27.6 Å². The van der Waals surface area contributed by atoms with Crippen molar-refractivity contribution in [1.29, 1.82) is 0 Å². The Morgan fingerprint density at radius 3 is 2.74 bits per heavy atom. The minimum Gasteiger partial charge on any atom is -0.346 e. The summed E-state index contributed by atoms with van der Waals surface area (Å²) in [7, 11) is 0. The van der Waals surface area contributed by atoms with Crippen LogP contribution in [0.2, 0.25) is 4.34 Å². The second kappa shape index (κ2) is 10.8. The minimum absolute atomic E-state index is 0.0774. The molecule has 0 bridgehead atoms. The molecule has 4 aromatic rings. The van der Waals surface area contributed by atoms with Crippen molar-refractivity contribution < 1.29 is 4.79 Å². The van der Waals surface area contributed by atoms with Gasteiger partial charge in [-0.1, -0.05) is 22.9 Å². The second-order valence-electron chi connectivity index (χ2n) is 8.05.